The third kappa shape index (κ3) is 4.33. The van der Waals surface area contributed by atoms with Gasteiger partial charge in [-0.15, -0.1) is 0 Å². The molecule has 0 bridgehead atoms. The zero-order valence-corrected chi connectivity index (χ0v) is 14.3. The Balaban J connectivity index is 1.84. The van der Waals surface area contributed by atoms with E-state index in [0.717, 1.165) is 16.7 Å². The van der Waals surface area contributed by atoms with Gasteiger partial charge in [0, 0.05) is 18.9 Å². The second-order valence-electron chi connectivity index (χ2n) is 6.10. The maximum absolute atomic E-state index is 12.3. The van der Waals surface area contributed by atoms with Crippen LogP contribution >= 0.6 is 0 Å². The van der Waals surface area contributed by atoms with E-state index in [1.807, 2.05) is 30.3 Å². The molecule has 2 aromatic carbocycles. The first-order valence-corrected chi connectivity index (χ1v) is 8.48. The maximum atomic E-state index is 12.3. The minimum atomic E-state index is -0.676. The SMILES string of the molecule is COc1ccc(-c2cccc([C@@H]3COB(O)C3)c2)cc1OCCCF. The predicted octanol–water partition coefficient (Wildman–Crippen LogP) is 3.69. The van der Waals surface area contributed by atoms with Gasteiger partial charge in [-0.1, -0.05) is 30.3 Å². The molecule has 1 aliphatic rings. The predicted molar refractivity (Wildman–Crippen MR) is 96.0 cm³/mol. The van der Waals surface area contributed by atoms with Gasteiger partial charge in [0.25, 0.3) is 0 Å². The van der Waals surface area contributed by atoms with E-state index in [1.54, 1.807) is 7.11 Å². The number of ether oxygens (including phenoxy) is 2. The highest BCUT2D eigenvalue weighted by Crippen LogP contribution is 2.35. The summed E-state index contributed by atoms with van der Waals surface area (Å²) in [5, 5.41) is 9.56. The van der Waals surface area contributed by atoms with Crippen LogP contribution in [0, 0.1) is 0 Å². The van der Waals surface area contributed by atoms with E-state index >= 15 is 0 Å². The Bertz CT molecular complexity index is 710. The molecule has 0 radical (unpaired) electrons. The fraction of sp³-hybridized carbons (Fsp3) is 0.368. The lowest BCUT2D eigenvalue weighted by atomic mass is 9.79. The fourth-order valence-electron chi connectivity index (χ4n) is 3.02. The summed E-state index contributed by atoms with van der Waals surface area (Å²) in [6, 6.07) is 13.9. The van der Waals surface area contributed by atoms with Crippen molar-refractivity contribution in [2.45, 2.75) is 18.7 Å². The van der Waals surface area contributed by atoms with Gasteiger partial charge in [0.1, 0.15) is 0 Å². The molecule has 1 aliphatic heterocycles. The lowest BCUT2D eigenvalue weighted by Crippen LogP contribution is -2.07. The molecule has 4 nitrogen and oxygen atoms in total. The van der Waals surface area contributed by atoms with Crippen LogP contribution in [0.4, 0.5) is 4.39 Å². The van der Waals surface area contributed by atoms with Crippen molar-refractivity contribution in [2.75, 3.05) is 27.0 Å². The van der Waals surface area contributed by atoms with Crippen LogP contribution in [0.2, 0.25) is 6.32 Å². The standard InChI is InChI=1S/C19H22BFO4/c1-23-18-7-6-16(11-19(18)24-9-3-8-21)14-4-2-5-15(10-14)17-12-20(22)25-13-17/h2,4-7,10-11,17,22H,3,8-9,12-13H2,1H3/t17-/m0/s1. The van der Waals surface area contributed by atoms with Gasteiger partial charge < -0.3 is 19.2 Å². The molecule has 0 aromatic heterocycles. The first-order chi connectivity index (χ1) is 12.2. The zero-order valence-electron chi connectivity index (χ0n) is 14.3. The minimum Gasteiger partial charge on any atom is -0.493 e. The van der Waals surface area contributed by atoms with Crippen LogP contribution < -0.4 is 9.47 Å². The molecule has 2 aromatic rings. The van der Waals surface area contributed by atoms with Crippen molar-refractivity contribution in [1.29, 1.82) is 0 Å². The highest BCUT2D eigenvalue weighted by Gasteiger charge is 2.29. The molecule has 1 heterocycles. The zero-order chi connectivity index (χ0) is 17.6. The molecule has 1 saturated heterocycles. The van der Waals surface area contributed by atoms with Crippen LogP contribution in [-0.2, 0) is 4.65 Å². The minimum absolute atomic E-state index is 0.202. The molecule has 0 saturated carbocycles. The number of halogens is 1. The van der Waals surface area contributed by atoms with Crippen molar-refractivity contribution in [3.05, 3.63) is 48.0 Å². The molecule has 6 heteroatoms. The van der Waals surface area contributed by atoms with E-state index in [1.165, 1.54) is 0 Å². The van der Waals surface area contributed by atoms with Crippen LogP contribution in [0.25, 0.3) is 11.1 Å². The first kappa shape index (κ1) is 17.8. The van der Waals surface area contributed by atoms with E-state index in [0.29, 0.717) is 37.5 Å². The molecule has 3 rings (SSSR count). The van der Waals surface area contributed by atoms with Gasteiger partial charge in [0.05, 0.1) is 20.4 Å². The van der Waals surface area contributed by atoms with Crippen LogP contribution in [0.15, 0.2) is 42.5 Å². The van der Waals surface area contributed by atoms with Gasteiger partial charge in [-0.25, -0.2) is 0 Å². The van der Waals surface area contributed by atoms with Crippen LogP contribution in [0.1, 0.15) is 17.9 Å². The molecule has 25 heavy (non-hydrogen) atoms. The monoisotopic (exact) mass is 344 g/mol. The Morgan fingerprint density at radius 3 is 2.76 bits per heavy atom. The number of hydrogen-bond donors (Lipinski definition) is 1. The van der Waals surface area contributed by atoms with Crippen molar-refractivity contribution in [3.63, 3.8) is 0 Å². The van der Waals surface area contributed by atoms with E-state index < -0.39 is 13.8 Å². The van der Waals surface area contributed by atoms with Crippen molar-refractivity contribution < 1.29 is 23.5 Å². The molecule has 0 amide bonds. The van der Waals surface area contributed by atoms with Gasteiger partial charge in [-0.2, -0.15) is 0 Å². The van der Waals surface area contributed by atoms with Gasteiger partial charge in [-0.3, -0.25) is 4.39 Å². The summed E-state index contributed by atoms with van der Waals surface area (Å²) in [5.74, 6) is 1.44. The third-order valence-corrected chi connectivity index (χ3v) is 4.37. The van der Waals surface area contributed by atoms with Gasteiger partial charge >= 0.3 is 7.12 Å². The lowest BCUT2D eigenvalue weighted by molar-refractivity contribution is 0.274. The summed E-state index contributed by atoms with van der Waals surface area (Å²) < 4.78 is 28.5. The average Bonchev–Trinajstić information content (AvgIpc) is 3.08. The van der Waals surface area contributed by atoms with Crippen molar-refractivity contribution >= 4 is 7.12 Å². The smallest absolute Gasteiger partial charge is 0.454 e. The molecule has 0 spiro atoms. The third-order valence-electron chi connectivity index (χ3n) is 4.37. The average molecular weight is 344 g/mol. The Hall–Kier alpha value is -2.05. The Morgan fingerprint density at radius 2 is 2.04 bits per heavy atom. The second-order valence-corrected chi connectivity index (χ2v) is 6.10. The van der Waals surface area contributed by atoms with E-state index in [-0.39, 0.29) is 5.92 Å². The Labute approximate surface area is 147 Å². The van der Waals surface area contributed by atoms with E-state index in [9.17, 15) is 9.41 Å². The quantitative estimate of drug-likeness (QED) is 0.615. The van der Waals surface area contributed by atoms with Gasteiger partial charge in [0.15, 0.2) is 11.5 Å². The lowest BCUT2D eigenvalue weighted by Gasteiger charge is -2.14. The molecular weight excluding hydrogens is 322 g/mol. The number of benzene rings is 2. The van der Waals surface area contributed by atoms with Crippen molar-refractivity contribution in [2.24, 2.45) is 0 Å². The molecule has 1 N–H and O–H groups in total. The largest absolute Gasteiger partial charge is 0.493 e. The van der Waals surface area contributed by atoms with Crippen LogP contribution in [-0.4, -0.2) is 39.1 Å². The summed E-state index contributed by atoms with van der Waals surface area (Å²) in [5.41, 5.74) is 3.19. The highest BCUT2D eigenvalue weighted by molar-refractivity contribution is 6.43. The van der Waals surface area contributed by atoms with E-state index in [2.05, 4.69) is 12.1 Å². The maximum Gasteiger partial charge on any atom is 0.454 e. The molecule has 132 valence electrons. The molecule has 0 aliphatic carbocycles. The normalized spacial score (nSPS) is 16.9. The molecule has 0 unspecified atom stereocenters. The molecular formula is C19H22BFO4. The number of rotatable bonds is 7. The summed E-state index contributed by atoms with van der Waals surface area (Å²) in [6.07, 6.45) is 0.969. The fourth-order valence-corrected chi connectivity index (χ4v) is 3.02. The summed E-state index contributed by atoms with van der Waals surface area (Å²) in [4.78, 5) is 0. The number of alkyl halides is 1. The summed E-state index contributed by atoms with van der Waals surface area (Å²) >= 11 is 0. The van der Waals surface area contributed by atoms with E-state index in [4.69, 9.17) is 14.1 Å². The van der Waals surface area contributed by atoms with Gasteiger partial charge in [-0.05, 0) is 35.1 Å². The van der Waals surface area contributed by atoms with Crippen molar-refractivity contribution in [1.82, 2.24) is 0 Å². The second kappa shape index (κ2) is 8.36. The Kier molecular flexibility index (Phi) is 5.94. The summed E-state index contributed by atoms with van der Waals surface area (Å²) in [7, 11) is 0.911. The first-order valence-electron chi connectivity index (χ1n) is 8.48. The van der Waals surface area contributed by atoms with Crippen LogP contribution in [0.5, 0.6) is 11.5 Å². The van der Waals surface area contributed by atoms with Gasteiger partial charge in [0.2, 0.25) is 0 Å². The Morgan fingerprint density at radius 1 is 1.20 bits per heavy atom. The summed E-state index contributed by atoms with van der Waals surface area (Å²) in [6.45, 7) is 0.442. The number of hydrogen-bond acceptors (Lipinski definition) is 4. The van der Waals surface area contributed by atoms with Crippen LogP contribution in [0.3, 0.4) is 0 Å². The molecule has 1 fully saturated rings. The topological polar surface area (TPSA) is 47.9 Å². The number of methoxy groups -OCH3 is 1. The molecule has 1 atom stereocenters. The highest BCUT2D eigenvalue weighted by atomic mass is 19.1. The van der Waals surface area contributed by atoms with Crippen molar-refractivity contribution in [3.8, 4) is 22.6 Å².